The number of nitro groups is 1. The lowest BCUT2D eigenvalue weighted by atomic mass is 10.1. The quantitative estimate of drug-likeness (QED) is 0.226. The number of nitrogens with two attached hydrogens (primary N) is 1. The lowest BCUT2D eigenvalue weighted by molar-refractivity contribution is -0.385. The van der Waals surface area contributed by atoms with E-state index in [-0.39, 0.29) is 41.9 Å². The average Bonchev–Trinajstić information content (AvgIpc) is 2.70. The van der Waals surface area contributed by atoms with Gasteiger partial charge in [0, 0.05) is 12.2 Å². The van der Waals surface area contributed by atoms with Gasteiger partial charge in [-0.3, -0.25) is 15.5 Å². The van der Waals surface area contributed by atoms with Gasteiger partial charge in [-0.05, 0) is 23.8 Å². The molecular weight excluding hydrogens is 382 g/mol. The van der Waals surface area contributed by atoms with Gasteiger partial charge in [0.1, 0.15) is 6.61 Å². The number of nitrogens with one attached hydrogen (secondary N) is 3. The number of nitro benzene ring substituents is 1. The number of hydrogen-bond donors (Lipinski definition) is 4. The number of anilines is 1. The number of methoxy groups -OCH3 is 2. The van der Waals surface area contributed by atoms with Crippen LogP contribution >= 0.6 is 0 Å². The predicted octanol–water partition coefficient (Wildman–Crippen LogP) is 2.34. The smallest absolute Gasteiger partial charge is 0.407 e. The Bertz CT molecular complexity index is 900. The lowest BCUT2D eigenvalue weighted by Gasteiger charge is -2.11. The maximum atomic E-state index is 11.9. The van der Waals surface area contributed by atoms with Gasteiger partial charge in [0.2, 0.25) is 0 Å². The molecule has 2 aromatic carbocycles. The van der Waals surface area contributed by atoms with Gasteiger partial charge in [-0.25, -0.2) is 4.79 Å². The van der Waals surface area contributed by atoms with Crippen LogP contribution in [0.15, 0.2) is 36.4 Å². The molecule has 0 unspecified atom stereocenters. The Morgan fingerprint density at radius 3 is 2.34 bits per heavy atom. The molecule has 11 nitrogen and oxygen atoms in total. The van der Waals surface area contributed by atoms with Crippen molar-refractivity contribution in [1.29, 1.82) is 5.41 Å². The van der Waals surface area contributed by atoms with E-state index in [0.29, 0.717) is 5.69 Å². The zero-order valence-corrected chi connectivity index (χ0v) is 15.9. The largest absolute Gasteiger partial charge is 0.493 e. The SMILES string of the molecule is COc1cc(COC(=O)NCc2ccc(NC(=N)N)cc2)c([N+](=O)[O-])cc1OC. The zero-order chi connectivity index (χ0) is 21.4. The van der Waals surface area contributed by atoms with Crippen molar-refractivity contribution in [3.8, 4) is 11.5 Å². The van der Waals surface area contributed by atoms with E-state index in [0.717, 1.165) is 5.56 Å². The first-order chi connectivity index (χ1) is 13.8. The number of benzene rings is 2. The van der Waals surface area contributed by atoms with E-state index in [1.54, 1.807) is 24.3 Å². The van der Waals surface area contributed by atoms with E-state index in [4.69, 9.17) is 25.4 Å². The maximum Gasteiger partial charge on any atom is 0.407 e. The third kappa shape index (κ3) is 5.99. The van der Waals surface area contributed by atoms with E-state index in [9.17, 15) is 14.9 Å². The molecule has 5 N–H and O–H groups in total. The minimum absolute atomic E-state index is 0.169. The van der Waals surface area contributed by atoms with Gasteiger partial charge in [-0.1, -0.05) is 12.1 Å². The highest BCUT2D eigenvalue weighted by Gasteiger charge is 2.20. The highest BCUT2D eigenvalue weighted by Crippen LogP contribution is 2.34. The number of ether oxygens (including phenoxy) is 3. The van der Waals surface area contributed by atoms with Gasteiger partial charge in [-0.2, -0.15) is 0 Å². The molecule has 2 rings (SSSR count). The molecule has 0 heterocycles. The van der Waals surface area contributed by atoms with Crippen LogP contribution in [-0.2, 0) is 17.9 Å². The normalized spacial score (nSPS) is 10.0. The summed E-state index contributed by atoms with van der Waals surface area (Å²) in [6.07, 6.45) is -0.736. The van der Waals surface area contributed by atoms with Gasteiger partial charge in [0.05, 0.1) is 30.8 Å². The van der Waals surface area contributed by atoms with Crippen molar-refractivity contribution in [1.82, 2.24) is 5.32 Å². The van der Waals surface area contributed by atoms with Crippen molar-refractivity contribution in [3.63, 3.8) is 0 Å². The molecule has 1 amide bonds. The molecule has 0 aliphatic rings. The molecular formula is C18H21N5O6. The Hall–Kier alpha value is -4.02. The molecule has 0 aliphatic carbocycles. The molecule has 0 fully saturated rings. The number of carbonyl (C=O) groups is 1. The second-order valence-electron chi connectivity index (χ2n) is 5.76. The Morgan fingerprint density at radius 2 is 1.79 bits per heavy atom. The average molecular weight is 403 g/mol. The molecule has 154 valence electrons. The van der Waals surface area contributed by atoms with Gasteiger partial charge in [-0.15, -0.1) is 0 Å². The maximum absolute atomic E-state index is 11.9. The van der Waals surface area contributed by atoms with Crippen LogP contribution in [0.25, 0.3) is 0 Å². The molecule has 0 aromatic heterocycles. The Kier molecular flexibility index (Phi) is 7.18. The summed E-state index contributed by atoms with van der Waals surface area (Å²) < 4.78 is 15.3. The van der Waals surface area contributed by atoms with Crippen LogP contribution < -0.4 is 25.8 Å². The summed E-state index contributed by atoms with van der Waals surface area (Å²) in [5.74, 6) is 0.315. The van der Waals surface area contributed by atoms with E-state index in [2.05, 4.69) is 10.6 Å². The molecule has 0 radical (unpaired) electrons. The van der Waals surface area contributed by atoms with Crippen molar-refractivity contribution in [2.45, 2.75) is 13.2 Å². The molecule has 0 bridgehead atoms. The van der Waals surface area contributed by atoms with Crippen LogP contribution in [-0.4, -0.2) is 31.2 Å². The fraction of sp³-hybridized carbons (Fsp3) is 0.222. The number of hydrogen-bond acceptors (Lipinski definition) is 7. The molecule has 0 saturated carbocycles. The summed E-state index contributed by atoms with van der Waals surface area (Å²) in [6.45, 7) is -0.128. The van der Waals surface area contributed by atoms with E-state index < -0.39 is 11.0 Å². The standard InChI is InChI=1S/C18H21N5O6/c1-27-15-7-12(14(23(25)26)8-16(15)28-2)10-29-18(24)21-9-11-3-5-13(6-4-11)22-17(19)20/h3-8H,9-10H2,1-2H3,(H,21,24)(H4,19,20,22). The number of alkyl carbamates (subject to hydrolysis) is 1. The predicted molar refractivity (Wildman–Crippen MR) is 105 cm³/mol. The van der Waals surface area contributed by atoms with Crippen LogP contribution in [0.2, 0.25) is 0 Å². The van der Waals surface area contributed by atoms with Crippen LogP contribution in [0.5, 0.6) is 11.5 Å². The summed E-state index contributed by atoms with van der Waals surface area (Å²) in [5, 5.41) is 23.6. The molecule has 0 spiro atoms. The van der Waals surface area contributed by atoms with Gasteiger partial charge in [0.15, 0.2) is 17.5 Å². The number of guanidine groups is 1. The molecule has 29 heavy (non-hydrogen) atoms. The number of rotatable bonds is 8. The van der Waals surface area contributed by atoms with Crippen LogP contribution in [0.1, 0.15) is 11.1 Å². The molecule has 0 atom stereocenters. The van der Waals surface area contributed by atoms with E-state index in [1.807, 2.05) is 0 Å². The molecule has 0 saturated heterocycles. The molecule has 11 heteroatoms. The van der Waals surface area contributed by atoms with E-state index >= 15 is 0 Å². The molecule has 2 aromatic rings. The lowest BCUT2D eigenvalue weighted by Crippen LogP contribution is -2.24. The Morgan fingerprint density at radius 1 is 1.17 bits per heavy atom. The Balaban J connectivity index is 1.96. The summed E-state index contributed by atoms with van der Waals surface area (Å²) in [6, 6.07) is 9.50. The Labute approximate surface area is 166 Å². The first-order valence-electron chi connectivity index (χ1n) is 8.34. The van der Waals surface area contributed by atoms with Gasteiger partial charge < -0.3 is 30.6 Å². The third-order valence-corrected chi connectivity index (χ3v) is 3.81. The summed E-state index contributed by atoms with van der Waals surface area (Å²) in [4.78, 5) is 22.6. The van der Waals surface area contributed by atoms with Crippen LogP contribution in [0.3, 0.4) is 0 Å². The first-order valence-corrected chi connectivity index (χ1v) is 8.34. The monoisotopic (exact) mass is 403 g/mol. The first kappa shape index (κ1) is 21.3. The van der Waals surface area contributed by atoms with Gasteiger partial charge in [0.25, 0.3) is 5.69 Å². The van der Waals surface area contributed by atoms with Gasteiger partial charge >= 0.3 is 6.09 Å². The van der Waals surface area contributed by atoms with Crippen LogP contribution in [0.4, 0.5) is 16.2 Å². The zero-order valence-electron chi connectivity index (χ0n) is 15.9. The third-order valence-electron chi connectivity index (χ3n) is 3.81. The number of carbonyl (C=O) groups excluding carboxylic acids is 1. The second-order valence-corrected chi connectivity index (χ2v) is 5.76. The van der Waals surface area contributed by atoms with Crippen LogP contribution in [0, 0.1) is 15.5 Å². The highest BCUT2D eigenvalue weighted by molar-refractivity contribution is 5.89. The fourth-order valence-electron chi connectivity index (χ4n) is 2.43. The highest BCUT2D eigenvalue weighted by atomic mass is 16.6. The van der Waals surface area contributed by atoms with Crippen molar-refractivity contribution in [3.05, 3.63) is 57.6 Å². The topological polar surface area (TPSA) is 162 Å². The van der Waals surface area contributed by atoms with Crippen molar-refractivity contribution in [2.75, 3.05) is 19.5 Å². The minimum atomic E-state index is -0.736. The fourth-order valence-corrected chi connectivity index (χ4v) is 2.43. The number of nitrogens with zero attached hydrogens (tertiary/aromatic N) is 1. The summed E-state index contributed by atoms with van der Waals surface area (Å²) in [5.41, 5.74) is 6.60. The summed E-state index contributed by atoms with van der Waals surface area (Å²) in [7, 11) is 2.77. The van der Waals surface area contributed by atoms with Crippen molar-refractivity contribution in [2.24, 2.45) is 5.73 Å². The second kappa shape index (κ2) is 9.78. The van der Waals surface area contributed by atoms with E-state index in [1.165, 1.54) is 26.4 Å². The number of amides is 1. The van der Waals surface area contributed by atoms with Crippen molar-refractivity contribution < 1.29 is 23.9 Å². The summed E-state index contributed by atoms with van der Waals surface area (Å²) >= 11 is 0. The minimum Gasteiger partial charge on any atom is -0.493 e. The van der Waals surface area contributed by atoms with Crippen molar-refractivity contribution >= 4 is 23.4 Å². The molecule has 0 aliphatic heterocycles.